The summed E-state index contributed by atoms with van der Waals surface area (Å²) in [5.41, 5.74) is 10.6. The lowest BCUT2D eigenvalue weighted by Crippen LogP contribution is -2.35. The highest BCUT2D eigenvalue weighted by Crippen LogP contribution is 2.33. The van der Waals surface area contributed by atoms with Crippen LogP contribution in [0.25, 0.3) is 11.0 Å². The van der Waals surface area contributed by atoms with Gasteiger partial charge in [-0.1, -0.05) is 18.2 Å². The number of nitrogens with two attached hydrogens (primary N) is 1. The first kappa shape index (κ1) is 15.3. The molecule has 1 atom stereocenters. The molecule has 0 fully saturated rings. The number of nitrogens with one attached hydrogen (secondary N) is 1. The van der Waals surface area contributed by atoms with Crippen molar-refractivity contribution in [3.8, 4) is 0 Å². The van der Waals surface area contributed by atoms with Gasteiger partial charge in [0.1, 0.15) is 5.82 Å². The Morgan fingerprint density at radius 2 is 2.12 bits per heavy atom. The van der Waals surface area contributed by atoms with Crippen LogP contribution in [0.2, 0.25) is 0 Å². The van der Waals surface area contributed by atoms with Gasteiger partial charge in [0.15, 0.2) is 0 Å². The van der Waals surface area contributed by atoms with Gasteiger partial charge < -0.3 is 10.7 Å². The van der Waals surface area contributed by atoms with Crippen LogP contribution in [0, 0.1) is 0 Å². The van der Waals surface area contributed by atoms with Crippen LogP contribution < -0.4 is 5.73 Å². The topological polar surface area (TPSA) is 70.8 Å². The molecule has 2 heterocycles. The monoisotopic (exact) mass is 321 g/mol. The number of nitrogens with zero attached hydrogens (tertiary/aromatic N) is 3. The first-order chi connectivity index (χ1) is 11.8. The summed E-state index contributed by atoms with van der Waals surface area (Å²) in [6.45, 7) is 2.25. The molecule has 0 radical (unpaired) electrons. The van der Waals surface area contributed by atoms with Crippen molar-refractivity contribution in [3.05, 3.63) is 59.7 Å². The van der Waals surface area contributed by atoms with Crippen LogP contribution in [0.3, 0.4) is 0 Å². The number of benzene rings is 1. The maximum Gasteiger partial charge on any atom is 0.121 e. The molecule has 0 spiro atoms. The minimum Gasteiger partial charge on any atom is -0.341 e. The molecular formula is C19H23N5. The number of rotatable bonds is 5. The van der Waals surface area contributed by atoms with Crippen molar-refractivity contribution in [2.75, 3.05) is 13.1 Å². The lowest BCUT2D eigenvalue weighted by atomic mass is 9.91. The Morgan fingerprint density at radius 3 is 3.00 bits per heavy atom. The fourth-order valence-electron chi connectivity index (χ4n) is 3.72. The Kier molecular flexibility index (Phi) is 4.28. The molecule has 2 aromatic heterocycles. The van der Waals surface area contributed by atoms with Crippen molar-refractivity contribution >= 4 is 11.0 Å². The van der Waals surface area contributed by atoms with Crippen molar-refractivity contribution in [2.24, 2.45) is 5.73 Å². The molecule has 0 saturated carbocycles. The normalized spacial score (nSPS) is 17.3. The third kappa shape index (κ3) is 2.92. The van der Waals surface area contributed by atoms with E-state index in [-0.39, 0.29) is 0 Å². The third-order valence-corrected chi connectivity index (χ3v) is 4.81. The van der Waals surface area contributed by atoms with E-state index in [4.69, 9.17) is 10.7 Å². The number of imidazole rings is 1. The first-order valence-electron chi connectivity index (χ1n) is 8.66. The summed E-state index contributed by atoms with van der Waals surface area (Å²) in [6.07, 6.45) is 5.36. The summed E-state index contributed by atoms with van der Waals surface area (Å²) in [5.74, 6) is 0.993. The number of hydrogen-bond donors (Lipinski definition) is 2. The minimum atomic E-state index is 0.326. The van der Waals surface area contributed by atoms with Gasteiger partial charge in [0.25, 0.3) is 0 Å². The van der Waals surface area contributed by atoms with Crippen molar-refractivity contribution in [3.63, 3.8) is 0 Å². The van der Waals surface area contributed by atoms with Crippen LogP contribution in [0.4, 0.5) is 0 Å². The van der Waals surface area contributed by atoms with Gasteiger partial charge in [-0.15, -0.1) is 0 Å². The van der Waals surface area contributed by atoms with Gasteiger partial charge in [0, 0.05) is 19.3 Å². The van der Waals surface area contributed by atoms with Crippen molar-refractivity contribution in [2.45, 2.75) is 31.8 Å². The molecule has 124 valence electrons. The van der Waals surface area contributed by atoms with E-state index in [2.05, 4.69) is 27.0 Å². The molecular weight excluding hydrogens is 298 g/mol. The molecule has 24 heavy (non-hydrogen) atoms. The Hall–Kier alpha value is -2.24. The molecule has 0 amide bonds. The lowest BCUT2D eigenvalue weighted by molar-refractivity contribution is 0.167. The summed E-state index contributed by atoms with van der Waals surface area (Å²) in [6, 6.07) is 12.7. The number of para-hydroxylation sites is 2. The average Bonchev–Trinajstić information content (AvgIpc) is 3.03. The minimum absolute atomic E-state index is 0.326. The SMILES string of the molecule is NCCN(Cc1nc2ccccc2[nH]1)C1CCCc2cccnc21. The Labute approximate surface area is 141 Å². The van der Waals surface area contributed by atoms with Gasteiger partial charge in [-0.25, -0.2) is 4.98 Å². The van der Waals surface area contributed by atoms with E-state index < -0.39 is 0 Å². The molecule has 5 heteroatoms. The summed E-state index contributed by atoms with van der Waals surface area (Å²) >= 11 is 0. The van der Waals surface area contributed by atoms with E-state index in [1.54, 1.807) is 0 Å². The predicted octanol–water partition coefficient (Wildman–Crippen LogP) is 2.80. The molecule has 1 unspecified atom stereocenters. The molecule has 3 aromatic rings. The molecule has 0 aliphatic heterocycles. The van der Waals surface area contributed by atoms with Crippen molar-refractivity contribution < 1.29 is 0 Å². The highest BCUT2D eigenvalue weighted by Gasteiger charge is 2.27. The molecule has 1 aliphatic rings. The Bertz CT molecular complexity index is 792. The Morgan fingerprint density at radius 1 is 1.21 bits per heavy atom. The quantitative estimate of drug-likeness (QED) is 0.758. The van der Waals surface area contributed by atoms with E-state index in [0.717, 1.165) is 42.8 Å². The number of aryl methyl sites for hydroxylation is 1. The van der Waals surface area contributed by atoms with Crippen LogP contribution in [0.1, 0.15) is 36.0 Å². The number of aromatic nitrogens is 3. The fraction of sp³-hybridized carbons (Fsp3) is 0.368. The van der Waals surface area contributed by atoms with Gasteiger partial charge in [-0.3, -0.25) is 9.88 Å². The molecule has 4 rings (SSSR count). The van der Waals surface area contributed by atoms with Crippen LogP contribution in [0.15, 0.2) is 42.6 Å². The van der Waals surface area contributed by atoms with E-state index in [9.17, 15) is 0 Å². The summed E-state index contributed by atoms with van der Waals surface area (Å²) in [4.78, 5) is 15.3. The molecule has 1 aromatic carbocycles. The Balaban J connectivity index is 1.63. The van der Waals surface area contributed by atoms with Gasteiger partial charge in [-0.05, 0) is 43.0 Å². The number of H-pyrrole nitrogens is 1. The maximum absolute atomic E-state index is 5.89. The van der Waals surface area contributed by atoms with Crippen LogP contribution in [-0.4, -0.2) is 32.9 Å². The summed E-state index contributed by atoms with van der Waals surface area (Å²) < 4.78 is 0. The zero-order chi connectivity index (χ0) is 16.4. The summed E-state index contributed by atoms with van der Waals surface area (Å²) in [7, 11) is 0. The van der Waals surface area contributed by atoms with Crippen molar-refractivity contribution in [1.29, 1.82) is 0 Å². The van der Waals surface area contributed by atoms with E-state index in [0.29, 0.717) is 12.6 Å². The number of aromatic amines is 1. The lowest BCUT2D eigenvalue weighted by Gasteiger charge is -2.34. The highest BCUT2D eigenvalue weighted by molar-refractivity contribution is 5.74. The van der Waals surface area contributed by atoms with Crippen LogP contribution >= 0.6 is 0 Å². The molecule has 0 bridgehead atoms. The summed E-state index contributed by atoms with van der Waals surface area (Å²) in [5, 5.41) is 0. The predicted molar refractivity (Wildman–Crippen MR) is 95.5 cm³/mol. The second-order valence-electron chi connectivity index (χ2n) is 6.42. The zero-order valence-corrected chi connectivity index (χ0v) is 13.8. The maximum atomic E-state index is 5.89. The van der Waals surface area contributed by atoms with Gasteiger partial charge in [-0.2, -0.15) is 0 Å². The zero-order valence-electron chi connectivity index (χ0n) is 13.8. The molecule has 5 nitrogen and oxygen atoms in total. The average molecular weight is 321 g/mol. The van der Waals surface area contributed by atoms with Gasteiger partial charge >= 0.3 is 0 Å². The fourth-order valence-corrected chi connectivity index (χ4v) is 3.72. The second kappa shape index (κ2) is 6.71. The first-order valence-corrected chi connectivity index (χ1v) is 8.66. The highest BCUT2D eigenvalue weighted by atomic mass is 15.2. The van der Waals surface area contributed by atoms with E-state index in [1.165, 1.54) is 17.7 Å². The smallest absolute Gasteiger partial charge is 0.121 e. The number of hydrogen-bond acceptors (Lipinski definition) is 4. The largest absolute Gasteiger partial charge is 0.341 e. The van der Waals surface area contributed by atoms with E-state index in [1.807, 2.05) is 30.5 Å². The molecule has 3 N–H and O–H groups in total. The third-order valence-electron chi connectivity index (χ3n) is 4.81. The number of pyridine rings is 1. The molecule has 0 saturated heterocycles. The number of fused-ring (bicyclic) bond motifs is 2. The van der Waals surface area contributed by atoms with Crippen LogP contribution in [0.5, 0.6) is 0 Å². The second-order valence-corrected chi connectivity index (χ2v) is 6.42. The molecule has 1 aliphatic carbocycles. The van der Waals surface area contributed by atoms with Crippen molar-refractivity contribution in [1.82, 2.24) is 19.9 Å². The van der Waals surface area contributed by atoms with Crippen LogP contribution in [-0.2, 0) is 13.0 Å². The van der Waals surface area contributed by atoms with Gasteiger partial charge in [0.2, 0.25) is 0 Å². The van der Waals surface area contributed by atoms with E-state index >= 15 is 0 Å². The standard InChI is InChI=1S/C19H23N5/c20-10-12-24(13-18-22-15-7-1-2-8-16(15)23-18)17-9-3-5-14-6-4-11-21-19(14)17/h1-2,4,6-8,11,17H,3,5,9-10,12-13,20H2,(H,22,23). The van der Waals surface area contributed by atoms with Gasteiger partial charge in [0.05, 0.1) is 29.3 Å².